The van der Waals surface area contributed by atoms with E-state index in [4.69, 9.17) is 0 Å². The van der Waals surface area contributed by atoms with Crippen molar-refractivity contribution in [2.75, 3.05) is 40.7 Å². The van der Waals surface area contributed by atoms with Gasteiger partial charge in [-0.05, 0) is 30.3 Å². The van der Waals surface area contributed by atoms with Crippen LogP contribution in [0.5, 0.6) is 0 Å². The molecule has 0 saturated carbocycles. The molecule has 1 saturated heterocycles. The summed E-state index contributed by atoms with van der Waals surface area (Å²) in [4.78, 5) is 12.4. The number of nitrogens with zero attached hydrogens (tertiary/aromatic N) is 4. The maximum atomic E-state index is 13.3. The molecule has 2 aromatic carbocycles. The van der Waals surface area contributed by atoms with Gasteiger partial charge >= 0.3 is 0 Å². The first-order valence-corrected chi connectivity index (χ1v) is 10.8. The van der Waals surface area contributed by atoms with E-state index in [9.17, 15) is 17.2 Å². The summed E-state index contributed by atoms with van der Waals surface area (Å²) in [6.07, 6.45) is 2.70. The fourth-order valence-electron chi connectivity index (χ4n) is 3.20. The van der Waals surface area contributed by atoms with Gasteiger partial charge in [-0.15, -0.1) is 0 Å². The Balaban J connectivity index is 1.40. The Hall–Kier alpha value is -3.27. The molecule has 1 N–H and O–H groups in total. The van der Waals surface area contributed by atoms with E-state index in [0.29, 0.717) is 12.0 Å². The first kappa shape index (κ1) is 20.0. The maximum Gasteiger partial charge on any atom is 0.262 e. The summed E-state index contributed by atoms with van der Waals surface area (Å²) in [5.74, 6) is -1.85. The molecule has 156 valence electrons. The molecular formula is C20H19F2N5O2S. The van der Waals surface area contributed by atoms with Crippen molar-refractivity contribution >= 4 is 27.3 Å². The zero-order valence-electron chi connectivity index (χ0n) is 15.9. The van der Waals surface area contributed by atoms with Crippen LogP contribution >= 0.6 is 0 Å². The lowest BCUT2D eigenvalue weighted by atomic mass is 10.2. The molecule has 30 heavy (non-hydrogen) atoms. The maximum absolute atomic E-state index is 13.3. The number of nitrogens with one attached hydrogen (secondary N) is 1. The monoisotopic (exact) mass is 431 g/mol. The molecule has 4 rings (SSSR count). The fraction of sp³-hybridized carbons (Fsp3) is 0.200. The summed E-state index contributed by atoms with van der Waals surface area (Å²) < 4.78 is 53.4. The first-order valence-electron chi connectivity index (χ1n) is 9.27. The van der Waals surface area contributed by atoms with Crippen LogP contribution in [0.2, 0.25) is 0 Å². The van der Waals surface area contributed by atoms with Crippen LogP contribution in [-0.2, 0) is 10.0 Å². The van der Waals surface area contributed by atoms with E-state index < -0.39 is 21.7 Å². The van der Waals surface area contributed by atoms with Gasteiger partial charge in [-0.3, -0.25) is 4.72 Å². The number of sulfonamides is 1. The third-order valence-electron chi connectivity index (χ3n) is 4.78. The SMILES string of the molecule is O=S(=O)(Nc1cnc(N2CCN(c3ccccc3)CC2)nc1)c1ccc(F)c(F)c1. The quantitative estimate of drug-likeness (QED) is 0.669. The highest BCUT2D eigenvalue weighted by Crippen LogP contribution is 2.20. The van der Waals surface area contributed by atoms with Gasteiger partial charge in [0.05, 0.1) is 23.0 Å². The third-order valence-corrected chi connectivity index (χ3v) is 6.15. The van der Waals surface area contributed by atoms with Gasteiger partial charge in [-0.25, -0.2) is 27.2 Å². The molecule has 0 aliphatic carbocycles. The van der Waals surface area contributed by atoms with Crippen molar-refractivity contribution in [2.45, 2.75) is 4.90 Å². The highest BCUT2D eigenvalue weighted by Gasteiger charge is 2.20. The Morgan fingerprint density at radius 3 is 2.10 bits per heavy atom. The summed E-state index contributed by atoms with van der Waals surface area (Å²) in [6.45, 7) is 3.10. The Morgan fingerprint density at radius 1 is 0.833 bits per heavy atom. The van der Waals surface area contributed by atoms with Crippen molar-refractivity contribution in [2.24, 2.45) is 0 Å². The topological polar surface area (TPSA) is 78.4 Å². The number of rotatable bonds is 5. The summed E-state index contributed by atoms with van der Waals surface area (Å²) in [6, 6.07) is 12.5. The second-order valence-electron chi connectivity index (χ2n) is 6.76. The number of piperazine rings is 1. The zero-order chi connectivity index (χ0) is 21.1. The van der Waals surface area contributed by atoms with Gasteiger partial charge in [-0.2, -0.15) is 0 Å². The highest BCUT2D eigenvalue weighted by atomic mass is 32.2. The van der Waals surface area contributed by atoms with Gasteiger partial charge in [0.25, 0.3) is 10.0 Å². The van der Waals surface area contributed by atoms with Crippen LogP contribution in [0.4, 0.5) is 26.1 Å². The van der Waals surface area contributed by atoms with Crippen LogP contribution in [-0.4, -0.2) is 44.6 Å². The Kier molecular flexibility index (Phi) is 5.49. The van der Waals surface area contributed by atoms with Crippen LogP contribution in [0.25, 0.3) is 0 Å². The van der Waals surface area contributed by atoms with Gasteiger partial charge in [0, 0.05) is 31.9 Å². The van der Waals surface area contributed by atoms with E-state index in [1.165, 1.54) is 18.1 Å². The molecule has 7 nitrogen and oxygen atoms in total. The molecule has 0 unspecified atom stereocenters. The number of hydrogen-bond acceptors (Lipinski definition) is 6. The molecule has 0 amide bonds. The van der Waals surface area contributed by atoms with E-state index in [1.54, 1.807) is 0 Å². The predicted molar refractivity (Wildman–Crippen MR) is 110 cm³/mol. The number of hydrogen-bond donors (Lipinski definition) is 1. The molecule has 2 heterocycles. The normalized spacial score (nSPS) is 14.6. The van der Waals surface area contributed by atoms with Crippen LogP contribution in [0.15, 0.2) is 65.8 Å². The lowest BCUT2D eigenvalue weighted by Crippen LogP contribution is -2.47. The van der Waals surface area contributed by atoms with Gasteiger partial charge in [0.15, 0.2) is 11.6 Å². The van der Waals surface area contributed by atoms with Gasteiger partial charge in [-0.1, -0.05) is 18.2 Å². The van der Waals surface area contributed by atoms with E-state index in [-0.39, 0.29) is 10.6 Å². The molecule has 1 aliphatic heterocycles. The Bertz CT molecular complexity index is 1120. The molecule has 0 spiro atoms. The van der Waals surface area contributed by atoms with E-state index in [2.05, 4.69) is 31.7 Å². The second kappa shape index (κ2) is 8.23. The smallest absolute Gasteiger partial charge is 0.262 e. The average molecular weight is 431 g/mol. The van der Waals surface area contributed by atoms with Crippen LogP contribution in [0.1, 0.15) is 0 Å². The van der Waals surface area contributed by atoms with Crippen molar-refractivity contribution in [3.8, 4) is 0 Å². The minimum absolute atomic E-state index is 0.131. The fourth-order valence-corrected chi connectivity index (χ4v) is 4.24. The number of anilines is 3. The summed E-state index contributed by atoms with van der Waals surface area (Å²) in [7, 11) is -4.09. The van der Waals surface area contributed by atoms with Crippen molar-refractivity contribution in [1.29, 1.82) is 0 Å². The predicted octanol–water partition coefficient (Wildman–Crippen LogP) is 2.88. The largest absolute Gasteiger partial charge is 0.368 e. The Labute approximate surface area is 173 Å². The summed E-state index contributed by atoms with van der Waals surface area (Å²) >= 11 is 0. The van der Waals surface area contributed by atoms with Gasteiger partial charge in [0.1, 0.15) is 0 Å². The van der Waals surface area contributed by atoms with Crippen molar-refractivity contribution in [1.82, 2.24) is 9.97 Å². The van der Waals surface area contributed by atoms with Gasteiger partial charge in [0.2, 0.25) is 5.95 Å². The van der Waals surface area contributed by atoms with E-state index >= 15 is 0 Å². The average Bonchev–Trinajstić information content (AvgIpc) is 2.77. The lowest BCUT2D eigenvalue weighted by Gasteiger charge is -2.36. The lowest BCUT2D eigenvalue weighted by molar-refractivity contribution is 0.504. The Morgan fingerprint density at radius 2 is 1.47 bits per heavy atom. The molecular weight excluding hydrogens is 412 g/mol. The second-order valence-corrected chi connectivity index (χ2v) is 8.45. The van der Waals surface area contributed by atoms with Crippen LogP contribution in [0, 0.1) is 11.6 Å². The van der Waals surface area contributed by atoms with Crippen molar-refractivity contribution in [3.63, 3.8) is 0 Å². The van der Waals surface area contributed by atoms with Crippen molar-refractivity contribution in [3.05, 3.63) is 72.6 Å². The van der Waals surface area contributed by atoms with E-state index in [0.717, 1.165) is 38.3 Å². The van der Waals surface area contributed by atoms with Gasteiger partial charge < -0.3 is 9.80 Å². The minimum atomic E-state index is -4.09. The molecule has 1 aromatic heterocycles. The first-order chi connectivity index (χ1) is 14.4. The summed E-state index contributed by atoms with van der Waals surface area (Å²) in [5.41, 5.74) is 1.30. The zero-order valence-corrected chi connectivity index (χ0v) is 16.7. The number of halogens is 2. The molecule has 0 bridgehead atoms. The molecule has 0 atom stereocenters. The molecule has 1 aliphatic rings. The van der Waals surface area contributed by atoms with Crippen LogP contribution in [0.3, 0.4) is 0 Å². The molecule has 3 aromatic rings. The number of benzene rings is 2. The van der Waals surface area contributed by atoms with Crippen molar-refractivity contribution < 1.29 is 17.2 Å². The number of aromatic nitrogens is 2. The standard InChI is InChI=1S/C20H19F2N5O2S/c21-18-7-6-17(12-19(18)22)30(28,29)25-15-13-23-20(24-14-15)27-10-8-26(9-11-27)16-4-2-1-3-5-16/h1-7,12-14,25H,8-11H2. The highest BCUT2D eigenvalue weighted by molar-refractivity contribution is 7.92. The summed E-state index contributed by atoms with van der Waals surface area (Å²) in [5, 5.41) is 0. The molecule has 10 heteroatoms. The van der Waals surface area contributed by atoms with Crippen LogP contribution < -0.4 is 14.5 Å². The third kappa shape index (κ3) is 4.33. The van der Waals surface area contributed by atoms with E-state index in [1.807, 2.05) is 23.1 Å². The number of para-hydroxylation sites is 1. The molecule has 1 fully saturated rings. The molecule has 0 radical (unpaired) electrons. The minimum Gasteiger partial charge on any atom is -0.368 e.